The molecular formula is C20H19BrF2N2O3. The quantitative estimate of drug-likeness (QED) is 0.630. The lowest BCUT2D eigenvalue weighted by molar-refractivity contribution is -0.129. The van der Waals surface area contributed by atoms with Crippen LogP contribution < -0.4 is 10.1 Å². The molecule has 28 heavy (non-hydrogen) atoms. The smallest absolute Gasteiger partial charge is 0.387 e. The van der Waals surface area contributed by atoms with Crippen molar-refractivity contribution in [3.63, 3.8) is 0 Å². The van der Waals surface area contributed by atoms with Crippen LogP contribution >= 0.6 is 15.9 Å². The summed E-state index contributed by atoms with van der Waals surface area (Å²) >= 11 is 3.36. The highest BCUT2D eigenvalue weighted by Gasteiger charge is 2.12. The van der Waals surface area contributed by atoms with Gasteiger partial charge in [-0.2, -0.15) is 8.78 Å². The first-order chi connectivity index (χ1) is 13.2. The van der Waals surface area contributed by atoms with Crippen LogP contribution in [0, 0.1) is 6.92 Å². The van der Waals surface area contributed by atoms with E-state index >= 15 is 0 Å². The molecule has 0 saturated heterocycles. The minimum absolute atomic E-state index is 0.0375. The fourth-order valence-corrected chi connectivity index (χ4v) is 2.78. The molecule has 0 aromatic heterocycles. The fraction of sp³-hybridized carbons (Fsp3) is 0.200. The number of anilines is 1. The van der Waals surface area contributed by atoms with E-state index in [1.165, 1.54) is 36.2 Å². The monoisotopic (exact) mass is 452 g/mol. The minimum Gasteiger partial charge on any atom is -0.435 e. The Balaban J connectivity index is 1.89. The molecule has 0 aliphatic rings. The van der Waals surface area contributed by atoms with E-state index in [9.17, 15) is 18.4 Å². The number of halogens is 3. The van der Waals surface area contributed by atoms with Gasteiger partial charge in [0.05, 0.1) is 6.54 Å². The molecule has 0 heterocycles. The zero-order valence-corrected chi connectivity index (χ0v) is 16.9. The van der Waals surface area contributed by atoms with Gasteiger partial charge in [0.2, 0.25) is 11.8 Å². The summed E-state index contributed by atoms with van der Waals surface area (Å²) in [4.78, 5) is 25.6. The Morgan fingerprint density at radius 1 is 1.21 bits per heavy atom. The largest absolute Gasteiger partial charge is 0.435 e. The number of rotatable bonds is 7. The lowest BCUT2D eigenvalue weighted by Crippen LogP contribution is -2.34. The molecule has 0 saturated carbocycles. The van der Waals surface area contributed by atoms with Crippen LogP contribution in [-0.4, -0.2) is 36.9 Å². The topological polar surface area (TPSA) is 58.6 Å². The van der Waals surface area contributed by atoms with Gasteiger partial charge in [-0.15, -0.1) is 0 Å². The van der Waals surface area contributed by atoms with E-state index in [1.807, 2.05) is 19.1 Å². The number of likely N-dealkylation sites (N-methyl/N-ethyl adjacent to an activating group) is 1. The van der Waals surface area contributed by atoms with Gasteiger partial charge in [-0.3, -0.25) is 9.59 Å². The molecule has 0 aliphatic carbocycles. The Morgan fingerprint density at radius 3 is 2.50 bits per heavy atom. The average Bonchev–Trinajstić information content (AvgIpc) is 2.62. The van der Waals surface area contributed by atoms with Crippen LogP contribution in [0.1, 0.15) is 11.1 Å². The summed E-state index contributed by atoms with van der Waals surface area (Å²) in [6.45, 7) is -1.13. The molecule has 8 heteroatoms. The number of benzene rings is 2. The third-order valence-electron chi connectivity index (χ3n) is 3.74. The SMILES string of the molecule is Cc1cc(Br)ccc1NC(=O)CN(C)C(=O)/C=C/c1ccc(OC(F)F)cc1. The molecule has 0 spiro atoms. The second-order valence-electron chi connectivity index (χ2n) is 5.98. The van der Waals surface area contributed by atoms with Gasteiger partial charge in [0.1, 0.15) is 5.75 Å². The molecule has 0 bridgehead atoms. The zero-order valence-electron chi connectivity index (χ0n) is 15.3. The standard InChI is InChI=1S/C20H19BrF2N2O3/c1-13-11-15(21)6-9-17(13)24-18(26)12-25(2)19(27)10-5-14-3-7-16(8-4-14)28-20(22)23/h3-11,20H,12H2,1-2H3,(H,24,26)/b10-5+. The predicted molar refractivity (Wildman–Crippen MR) is 107 cm³/mol. The lowest BCUT2D eigenvalue weighted by Gasteiger charge is -2.15. The first-order valence-corrected chi connectivity index (χ1v) is 9.08. The van der Waals surface area contributed by atoms with E-state index < -0.39 is 6.61 Å². The molecule has 0 radical (unpaired) electrons. The third-order valence-corrected chi connectivity index (χ3v) is 4.24. The van der Waals surface area contributed by atoms with Crippen molar-refractivity contribution >= 4 is 39.5 Å². The van der Waals surface area contributed by atoms with Crippen molar-refractivity contribution in [1.82, 2.24) is 4.90 Å². The number of alkyl halides is 2. The molecule has 0 unspecified atom stereocenters. The van der Waals surface area contributed by atoms with E-state index in [-0.39, 0.29) is 24.1 Å². The van der Waals surface area contributed by atoms with Crippen LogP contribution in [0.2, 0.25) is 0 Å². The molecule has 148 valence electrons. The number of nitrogens with zero attached hydrogens (tertiary/aromatic N) is 1. The highest BCUT2D eigenvalue weighted by molar-refractivity contribution is 9.10. The number of amides is 2. The maximum atomic E-state index is 12.2. The first kappa shape index (κ1) is 21.6. The van der Waals surface area contributed by atoms with Gasteiger partial charge >= 0.3 is 6.61 Å². The van der Waals surface area contributed by atoms with Gasteiger partial charge in [0.15, 0.2) is 0 Å². The summed E-state index contributed by atoms with van der Waals surface area (Å²) < 4.78 is 29.4. The summed E-state index contributed by atoms with van der Waals surface area (Å²) in [5.41, 5.74) is 2.21. The van der Waals surface area contributed by atoms with Gasteiger partial charge in [0.25, 0.3) is 0 Å². The van der Waals surface area contributed by atoms with Crippen LogP contribution in [0.15, 0.2) is 53.0 Å². The highest BCUT2D eigenvalue weighted by Crippen LogP contribution is 2.20. The summed E-state index contributed by atoms with van der Waals surface area (Å²) in [5.74, 6) is -0.644. The van der Waals surface area contributed by atoms with E-state index in [0.717, 1.165) is 10.0 Å². The van der Waals surface area contributed by atoms with Gasteiger partial charge in [-0.25, -0.2) is 0 Å². The normalized spacial score (nSPS) is 10.9. The van der Waals surface area contributed by atoms with Crippen molar-refractivity contribution in [3.05, 3.63) is 64.1 Å². The molecule has 2 aromatic carbocycles. The van der Waals surface area contributed by atoms with Crippen molar-refractivity contribution in [2.45, 2.75) is 13.5 Å². The molecular weight excluding hydrogens is 434 g/mol. The molecule has 2 rings (SSSR count). The Hall–Kier alpha value is -2.74. The third kappa shape index (κ3) is 6.77. The maximum absolute atomic E-state index is 12.2. The first-order valence-electron chi connectivity index (χ1n) is 8.28. The lowest BCUT2D eigenvalue weighted by atomic mass is 10.2. The fourth-order valence-electron chi connectivity index (χ4n) is 2.31. The summed E-state index contributed by atoms with van der Waals surface area (Å²) in [6.07, 6.45) is 2.84. The summed E-state index contributed by atoms with van der Waals surface area (Å²) in [6, 6.07) is 11.3. The van der Waals surface area contributed by atoms with Crippen LogP contribution in [-0.2, 0) is 9.59 Å². The number of hydrogen-bond donors (Lipinski definition) is 1. The van der Waals surface area contributed by atoms with Crippen molar-refractivity contribution in [2.24, 2.45) is 0 Å². The summed E-state index contributed by atoms with van der Waals surface area (Å²) in [5, 5.41) is 2.77. The van der Waals surface area contributed by atoms with Crippen molar-refractivity contribution in [3.8, 4) is 5.75 Å². The Morgan fingerprint density at radius 2 is 1.89 bits per heavy atom. The van der Waals surface area contributed by atoms with E-state index in [0.29, 0.717) is 11.3 Å². The van der Waals surface area contributed by atoms with Crippen LogP contribution in [0.25, 0.3) is 6.08 Å². The van der Waals surface area contributed by atoms with Crippen LogP contribution in [0.3, 0.4) is 0 Å². The Labute approximate surface area is 170 Å². The average molecular weight is 453 g/mol. The van der Waals surface area contributed by atoms with Crippen LogP contribution in [0.4, 0.5) is 14.5 Å². The van der Waals surface area contributed by atoms with Crippen molar-refractivity contribution in [2.75, 3.05) is 18.9 Å². The second-order valence-corrected chi connectivity index (χ2v) is 6.90. The molecule has 2 aromatic rings. The molecule has 5 nitrogen and oxygen atoms in total. The van der Waals surface area contributed by atoms with Crippen LogP contribution in [0.5, 0.6) is 5.75 Å². The molecule has 0 aliphatic heterocycles. The van der Waals surface area contributed by atoms with Crippen molar-refractivity contribution in [1.29, 1.82) is 0 Å². The Bertz CT molecular complexity index is 870. The summed E-state index contributed by atoms with van der Waals surface area (Å²) in [7, 11) is 1.51. The zero-order chi connectivity index (χ0) is 20.7. The van der Waals surface area contributed by atoms with Gasteiger partial charge in [-0.1, -0.05) is 28.1 Å². The number of ether oxygens (including phenoxy) is 1. The number of nitrogens with one attached hydrogen (secondary N) is 1. The molecule has 0 atom stereocenters. The van der Waals surface area contributed by atoms with E-state index in [2.05, 4.69) is 26.0 Å². The molecule has 2 amide bonds. The van der Waals surface area contributed by atoms with Gasteiger partial charge in [0, 0.05) is 23.3 Å². The number of carbonyl (C=O) groups is 2. The van der Waals surface area contributed by atoms with Gasteiger partial charge in [-0.05, 0) is 54.5 Å². The number of aryl methyl sites for hydroxylation is 1. The number of carbonyl (C=O) groups excluding carboxylic acids is 2. The molecule has 0 fully saturated rings. The van der Waals surface area contributed by atoms with E-state index in [4.69, 9.17) is 0 Å². The van der Waals surface area contributed by atoms with Gasteiger partial charge < -0.3 is 15.0 Å². The predicted octanol–water partition coefficient (Wildman–Crippen LogP) is 4.47. The number of hydrogen-bond acceptors (Lipinski definition) is 3. The second kappa shape index (κ2) is 9.98. The Kier molecular flexibility index (Phi) is 7.69. The molecule has 1 N–H and O–H groups in total. The maximum Gasteiger partial charge on any atom is 0.387 e. The van der Waals surface area contributed by atoms with E-state index in [1.54, 1.807) is 18.2 Å². The minimum atomic E-state index is -2.89. The van der Waals surface area contributed by atoms with Crippen molar-refractivity contribution < 1.29 is 23.1 Å². The highest BCUT2D eigenvalue weighted by atomic mass is 79.9.